The largest absolute Gasteiger partial charge is 0.481 e. The number of benzene rings is 2. The van der Waals surface area contributed by atoms with Gasteiger partial charge in [-0.3, -0.25) is 9.59 Å². The maximum Gasteiger partial charge on any atom is 0.305 e. The van der Waals surface area contributed by atoms with Crippen LogP contribution in [0.5, 0.6) is 0 Å². The first kappa shape index (κ1) is 21.9. The van der Waals surface area contributed by atoms with Crippen LogP contribution >= 0.6 is 11.6 Å². The molecule has 0 spiro atoms. The van der Waals surface area contributed by atoms with E-state index >= 15 is 0 Å². The average molecular weight is 425 g/mol. The highest BCUT2D eigenvalue weighted by Crippen LogP contribution is 2.25. The van der Waals surface area contributed by atoms with Crippen molar-refractivity contribution in [2.45, 2.75) is 24.3 Å². The Kier molecular flexibility index (Phi) is 6.82. The van der Waals surface area contributed by atoms with Crippen LogP contribution in [-0.4, -0.2) is 43.8 Å². The molecule has 2 aromatic rings. The highest BCUT2D eigenvalue weighted by Gasteiger charge is 2.24. The summed E-state index contributed by atoms with van der Waals surface area (Å²) in [5.41, 5.74) is 1.70. The molecule has 0 aromatic heterocycles. The number of amides is 1. The summed E-state index contributed by atoms with van der Waals surface area (Å²) in [7, 11) is -1.12. The normalized spacial score (nSPS) is 12.6. The van der Waals surface area contributed by atoms with Gasteiger partial charge < -0.3 is 10.4 Å². The lowest BCUT2D eigenvalue weighted by Crippen LogP contribution is -2.30. The second-order valence-corrected chi connectivity index (χ2v) is 8.99. The van der Waals surface area contributed by atoms with Crippen molar-refractivity contribution >= 4 is 33.5 Å². The lowest BCUT2D eigenvalue weighted by Gasteiger charge is -2.19. The fourth-order valence-electron chi connectivity index (χ4n) is 2.51. The van der Waals surface area contributed by atoms with Crippen molar-refractivity contribution in [1.29, 1.82) is 0 Å². The van der Waals surface area contributed by atoms with Crippen LogP contribution in [0.3, 0.4) is 0 Å². The molecule has 1 unspecified atom stereocenters. The van der Waals surface area contributed by atoms with E-state index in [0.717, 1.165) is 9.87 Å². The van der Waals surface area contributed by atoms with Crippen LogP contribution < -0.4 is 5.32 Å². The summed E-state index contributed by atoms with van der Waals surface area (Å²) in [6, 6.07) is 10.3. The van der Waals surface area contributed by atoms with Gasteiger partial charge >= 0.3 is 5.97 Å². The maximum absolute atomic E-state index is 12.7. The van der Waals surface area contributed by atoms with Crippen molar-refractivity contribution in [3.05, 3.63) is 64.2 Å². The van der Waals surface area contributed by atoms with Crippen LogP contribution in [0.2, 0.25) is 5.02 Å². The minimum absolute atomic E-state index is 0.00845. The Bertz CT molecular complexity index is 988. The summed E-state index contributed by atoms with van der Waals surface area (Å²) in [5.74, 6) is -1.67. The number of aliphatic carboxylic acids is 1. The fraction of sp³-hybridized carbons (Fsp3) is 0.263. The zero-order valence-corrected chi connectivity index (χ0v) is 17.2. The van der Waals surface area contributed by atoms with Crippen LogP contribution in [0.25, 0.3) is 0 Å². The highest BCUT2D eigenvalue weighted by molar-refractivity contribution is 7.89. The molecule has 0 bridgehead atoms. The Hall–Kier alpha value is -2.42. The number of nitrogens with zero attached hydrogens (tertiary/aromatic N) is 1. The maximum atomic E-state index is 12.7. The summed E-state index contributed by atoms with van der Waals surface area (Å²) in [6.45, 7) is 1.90. The van der Waals surface area contributed by atoms with Gasteiger partial charge in [0.1, 0.15) is 4.90 Å². The molecule has 0 saturated heterocycles. The number of carboxylic acids is 1. The molecular formula is C19H21ClN2O5S. The number of carbonyl (C=O) groups excluding carboxylic acids is 1. The van der Waals surface area contributed by atoms with Gasteiger partial charge in [-0.15, -0.1) is 0 Å². The third-order valence-corrected chi connectivity index (χ3v) is 6.41. The monoisotopic (exact) mass is 424 g/mol. The molecule has 2 rings (SSSR count). The van der Waals surface area contributed by atoms with Crippen molar-refractivity contribution in [2.24, 2.45) is 0 Å². The van der Waals surface area contributed by atoms with Gasteiger partial charge in [-0.25, -0.2) is 12.7 Å². The molecule has 0 fully saturated rings. The first-order chi connectivity index (χ1) is 13.0. The molecule has 9 heteroatoms. The van der Waals surface area contributed by atoms with Gasteiger partial charge in [-0.05, 0) is 30.7 Å². The van der Waals surface area contributed by atoms with E-state index in [2.05, 4.69) is 5.32 Å². The topological polar surface area (TPSA) is 104 Å². The van der Waals surface area contributed by atoms with E-state index < -0.39 is 27.9 Å². The molecule has 7 nitrogen and oxygen atoms in total. The predicted molar refractivity (Wildman–Crippen MR) is 106 cm³/mol. The highest BCUT2D eigenvalue weighted by atomic mass is 35.5. The molecule has 0 aliphatic carbocycles. The molecule has 0 heterocycles. The Morgan fingerprint density at radius 2 is 1.75 bits per heavy atom. The third kappa shape index (κ3) is 5.09. The third-order valence-electron chi connectivity index (χ3n) is 4.12. The van der Waals surface area contributed by atoms with Crippen molar-refractivity contribution in [3.63, 3.8) is 0 Å². The minimum Gasteiger partial charge on any atom is -0.481 e. The van der Waals surface area contributed by atoms with Gasteiger partial charge in [0.05, 0.1) is 17.5 Å². The van der Waals surface area contributed by atoms with Crippen LogP contribution in [0.4, 0.5) is 0 Å². The Morgan fingerprint density at radius 3 is 2.29 bits per heavy atom. The summed E-state index contributed by atoms with van der Waals surface area (Å²) in [5, 5.41) is 11.8. The molecule has 2 aromatic carbocycles. The molecule has 0 aliphatic heterocycles. The molecule has 28 heavy (non-hydrogen) atoms. The molecule has 150 valence electrons. The Balaban J connectivity index is 2.36. The molecule has 1 amide bonds. The molecule has 2 N–H and O–H groups in total. The fourth-order valence-corrected chi connectivity index (χ4v) is 3.90. The number of halogens is 1. The SMILES string of the molecule is Cc1ccc(C(CC(=O)O)NC(=O)c2ccc(Cl)c(S(=O)(=O)N(C)C)c2)cc1. The van der Waals surface area contributed by atoms with Gasteiger partial charge in [0, 0.05) is 19.7 Å². The predicted octanol–water partition coefficient (Wildman–Crippen LogP) is 2.84. The molecule has 0 aliphatic rings. The second kappa shape index (κ2) is 8.72. The number of rotatable bonds is 7. The van der Waals surface area contributed by atoms with Gasteiger partial charge in [0.25, 0.3) is 5.91 Å². The lowest BCUT2D eigenvalue weighted by molar-refractivity contribution is -0.137. The number of carboxylic acid groups (broad SMARTS) is 1. The average Bonchev–Trinajstić information content (AvgIpc) is 2.61. The van der Waals surface area contributed by atoms with Crippen molar-refractivity contribution in [1.82, 2.24) is 9.62 Å². The number of aryl methyl sites for hydroxylation is 1. The number of hydrogen-bond donors (Lipinski definition) is 2. The van der Waals surface area contributed by atoms with Crippen LogP contribution in [0, 0.1) is 6.92 Å². The molecule has 0 saturated carbocycles. The lowest BCUT2D eigenvalue weighted by atomic mass is 10.0. The van der Waals surface area contributed by atoms with Gasteiger partial charge in [-0.1, -0.05) is 41.4 Å². The van der Waals surface area contributed by atoms with E-state index in [-0.39, 0.29) is 21.9 Å². The van der Waals surface area contributed by atoms with Gasteiger partial charge in [0.15, 0.2) is 0 Å². The Labute approximate surface area is 169 Å². The standard InChI is InChI=1S/C19H21ClN2O5S/c1-12-4-6-13(7-5-12)16(11-18(23)24)21-19(25)14-8-9-15(20)17(10-14)28(26,27)22(2)3/h4-10,16H,11H2,1-3H3,(H,21,25)(H,23,24). The zero-order valence-electron chi connectivity index (χ0n) is 15.6. The van der Waals surface area contributed by atoms with Crippen LogP contribution in [0.15, 0.2) is 47.4 Å². The summed E-state index contributed by atoms with van der Waals surface area (Å²) in [6.07, 6.45) is -0.314. The first-order valence-electron chi connectivity index (χ1n) is 8.33. The van der Waals surface area contributed by atoms with E-state index in [1.54, 1.807) is 12.1 Å². The molecular weight excluding hydrogens is 404 g/mol. The second-order valence-electron chi connectivity index (χ2n) is 6.47. The van der Waals surface area contributed by atoms with E-state index in [4.69, 9.17) is 11.6 Å². The molecule has 1 atom stereocenters. The van der Waals surface area contributed by atoms with Crippen molar-refractivity contribution in [3.8, 4) is 0 Å². The number of nitrogens with one attached hydrogen (secondary N) is 1. The van der Waals surface area contributed by atoms with Crippen LogP contribution in [0.1, 0.15) is 33.9 Å². The minimum atomic E-state index is -3.84. The summed E-state index contributed by atoms with van der Waals surface area (Å²) < 4.78 is 25.8. The van der Waals surface area contributed by atoms with E-state index in [1.807, 2.05) is 19.1 Å². The van der Waals surface area contributed by atoms with Gasteiger partial charge in [0.2, 0.25) is 10.0 Å². The van der Waals surface area contributed by atoms with E-state index in [1.165, 1.54) is 32.3 Å². The van der Waals surface area contributed by atoms with Crippen molar-refractivity contribution < 1.29 is 23.1 Å². The van der Waals surface area contributed by atoms with E-state index in [0.29, 0.717) is 5.56 Å². The zero-order chi connectivity index (χ0) is 21.1. The number of sulfonamides is 1. The first-order valence-corrected chi connectivity index (χ1v) is 10.2. The number of carbonyl (C=O) groups is 2. The van der Waals surface area contributed by atoms with Crippen LogP contribution in [-0.2, 0) is 14.8 Å². The summed E-state index contributed by atoms with van der Waals surface area (Å²) in [4.78, 5) is 23.7. The smallest absolute Gasteiger partial charge is 0.305 e. The Morgan fingerprint density at radius 1 is 1.14 bits per heavy atom. The quantitative estimate of drug-likeness (QED) is 0.711. The summed E-state index contributed by atoms with van der Waals surface area (Å²) >= 11 is 6.00. The van der Waals surface area contributed by atoms with E-state index in [9.17, 15) is 23.1 Å². The van der Waals surface area contributed by atoms with Crippen molar-refractivity contribution in [2.75, 3.05) is 14.1 Å². The molecule has 0 radical (unpaired) electrons. The number of hydrogen-bond acceptors (Lipinski definition) is 4. The van der Waals surface area contributed by atoms with Gasteiger partial charge in [-0.2, -0.15) is 0 Å².